The fraction of sp³-hybridized carbons (Fsp3) is 0.607. The van der Waals surface area contributed by atoms with Gasteiger partial charge >= 0.3 is 0 Å². The van der Waals surface area contributed by atoms with E-state index in [1.807, 2.05) is 19.3 Å². The van der Waals surface area contributed by atoms with E-state index >= 15 is 0 Å². The minimum absolute atomic E-state index is 0.0891. The Hall–Kier alpha value is -3.31. The number of aryl methyl sites for hydroxylation is 1. The van der Waals surface area contributed by atoms with E-state index in [1.165, 1.54) is 0 Å². The fourth-order valence-electron chi connectivity index (χ4n) is 6.75. The van der Waals surface area contributed by atoms with Gasteiger partial charge < -0.3 is 30.1 Å². The Labute approximate surface area is 229 Å². The van der Waals surface area contributed by atoms with E-state index in [0.717, 1.165) is 105 Å². The summed E-state index contributed by atoms with van der Waals surface area (Å²) in [5.74, 6) is 2.81. The number of anilines is 3. The van der Waals surface area contributed by atoms with Gasteiger partial charge in [0.05, 0.1) is 49.1 Å². The van der Waals surface area contributed by atoms with E-state index in [4.69, 9.17) is 30.4 Å². The lowest BCUT2D eigenvalue weighted by Gasteiger charge is -2.41. The monoisotopic (exact) mass is 531 g/mol. The molecule has 2 aromatic heterocycles. The van der Waals surface area contributed by atoms with Gasteiger partial charge in [-0.25, -0.2) is 15.0 Å². The van der Waals surface area contributed by atoms with Gasteiger partial charge in [-0.3, -0.25) is 9.79 Å². The normalized spacial score (nSPS) is 26.2. The fourth-order valence-corrected chi connectivity index (χ4v) is 6.75. The minimum Gasteiger partial charge on any atom is -0.376 e. The summed E-state index contributed by atoms with van der Waals surface area (Å²) >= 11 is 0. The highest BCUT2D eigenvalue weighted by molar-refractivity contribution is 6.11. The molecule has 0 aliphatic carbocycles. The molecule has 1 amide bonds. The predicted molar refractivity (Wildman–Crippen MR) is 149 cm³/mol. The molecule has 2 N–H and O–H groups in total. The molecule has 11 heteroatoms. The van der Waals surface area contributed by atoms with Crippen LogP contribution in [0.2, 0.25) is 0 Å². The van der Waals surface area contributed by atoms with Gasteiger partial charge in [0.2, 0.25) is 5.91 Å². The molecule has 7 rings (SSSR count). The van der Waals surface area contributed by atoms with E-state index < -0.39 is 0 Å². The molecular formula is C28H37N9O2. The Kier molecular flexibility index (Phi) is 5.96. The van der Waals surface area contributed by atoms with E-state index in [-0.39, 0.29) is 23.5 Å². The maximum absolute atomic E-state index is 12.2. The maximum atomic E-state index is 12.2. The Morgan fingerprint density at radius 1 is 1.03 bits per heavy atom. The van der Waals surface area contributed by atoms with Crippen LogP contribution in [-0.2, 0) is 22.5 Å². The summed E-state index contributed by atoms with van der Waals surface area (Å²) in [7, 11) is 1.85. The second kappa shape index (κ2) is 9.41. The van der Waals surface area contributed by atoms with Crippen LogP contribution in [0, 0.1) is 5.41 Å². The third-order valence-corrected chi connectivity index (χ3v) is 9.41. The first-order chi connectivity index (χ1) is 18.9. The lowest BCUT2D eigenvalue weighted by atomic mass is 9.73. The largest absolute Gasteiger partial charge is 0.376 e. The zero-order valence-electron chi connectivity index (χ0n) is 22.8. The number of pyridine rings is 1. The van der Waals surface area contributed by atoms with Gasteiger partial charge in [0.1, 0.15) is 17.3 Å². The first-order valence-electron chi connectivity index (χ1n) is 14.2. The number of aliphatic imine (C=N–C) groups is 1. The van der Waals surface area contributed by atoms with E-state index in [9.17, 15) is 4.79 Å². The highest BCUT2D eigenvalue weighted by Gasteiger charge is 2.47. The van der Waals surface area contributed by atoms with Crippen molar-refractivity contribution in [2.75, 3.05) is 67.6 Å². The molecule has 5 aliphatic rings. The van der Waals surface area contributed by atoms with Gasteiger partial charge in [0, 0.05) is 51.2 Å². The number of hydrogen-bond donors (Lipinski definition) is 1. The van der Waals surface area contributed by atoms with E-state index in [2.05, 4.69) is 27.7 Å². The molecular weight excluding hydrogens is 494 g/mol. The molecule has 3 saturated heterocycles. The van der Waals surface area contributed by atoms with Crippen molar-refractivity contribution >= 4 is 29.1 Å². The Morgan fingerprint density at radius 2 is 1.85 bits per heavy atom. The van der Waals surface area contributed by atoms with Crippen LogP contribution >= 0.6 is 0 Å². The van der Waals surface area contributed by atoms with Crippen molar-refractivity contribution in [3.05, 3.63) is 35.4 Å². The zero-order chi connectivity index (χ0) is 26.7. The zero-order valence-corrected chi connectivity index (χ0v) is 22.8. The summed E-state index contributed by atoms with van der Waals surface area (Å²) in [6, 6.07) is 4.26. The molecule has 2 aromatic rings. The third-order valence-electron chi connectivity index (χ3n) is 9.41. The summed E-state index contributed by atoms with van der Waals surface area (Å²) in [4.78, 5) is 40.4. The molecule has 0 aromatic carbocycles. The summed E-state index contributed by atoms with van der Waals surface area (Å²) < 4.78 is 5.89. The lowest BCUT2D eigenvalue weighted by molar-refractivity contribution is -0.129. The molecule has 3 fully saturated rings. The number of ether oxygens (including phenoxy) is 1. The van der Waals surface area contributed by atoms with Gasteiger partial charge in [0.15, 0.2) is 5.84 Å². The number of amidine groups is 1. The van der Waals surface area contributed by atoms with E-state index in [0.29, 0.717) is 13.1 Å². The molecule has 0 radical (unpaired) electrons. The van der Waals surface area contributed by atoms with Crippen molar-refractivity contribution in [2.45, 2.75) is 51.3 Å². The van der Waals surface area contributed by atoms with Crippen LogP contribution in [0.25, 0.3) is 0 Å². The van der Waals surface area contributed by atoms with Crippen molar-refractivity contribution in [3.63, 3.8) is 0 Å². The molecule has 2 atom stereocenters. The van der Waals surface area contributed by atoms with Crippen molar-refractivity contribution in [1.29, 1.82) is 0 Å². The minimum atomic E-state index is 0.0891. The molecule has 5 aliphatic heterocycles. The van der Waals surface area contributed by atoms with Crippen molar-refractivity contribution in [1.82, 2.24) is 19.9 Å². The first kappa shape index (κ1) is 24.7. The Bertz CT molecular complexity index is 1320. The molecule has 0 saturated carbocycles. The van der Waals surface area contributed by atoms with Crippen LogP contribution in [-0.4, -0.2) is 96.7 Å². The maximum Gasteiger partial charge on any atom is 0.241 e. The number of carbonyl (C=O) groups is 1. The van der Waals surface area contributed by atoms with E-state index in [1.54, 1.807) is 4.90 Å². The quantitative estimate of drug-likeness (QED) is 0.610. The van der Waals surface area contributed by atoms with Crippen LogP contribution < -0.4 is 20.4 Å². The second-order valence-corrected chi connectivity index (χ2v) is 11.7. The molecule has 11 nitrogen and oxygen atoms in total. The SMILES string of the molecule is C[C@@H]1OCC2(CCN(c3cnc4c(n3)CN=C4N3CCCc4nc(N5CCN(C)C(=O)C5)ccc43)CC2)[C@@H]1N. The molecule has 7 heterocycles. The number of carbonyl (C=O) groups excluding carboxylic acids is 1. The Morgan fingerprint density at radius 3 is 2.62 bits per heavy atom. The average molecular weight is 532 g/mol. The van der Waals surface area contributed by atoms with Gasteiger partial charge in [0.25, 0.3) is 0 Å². The number of piperidine rings is 1. The molecule has 206 valence electrons. The van der Waals surface area contributed by atoms with Crippen LogP contribution in [0.15, 0.2) is 23.3 Å². The van der Waals surface area contributed by atoms with Crippen molar-refractivity contribution in [2.24, 2.45) is 16.1 Å². The Balaban J connectivity index is 1.07. The number of rotatable bonds is 2. The highest BCUT2D eigenvalue weighted by Crippen LogP contribution is 2.42. The summed E-state index contributed by atoms with van der Waals surface area (Å²) in [6.07, 6.45) is 5.97. The van der Waals surface area contributed by atoms with Crippen molar-refractivity contribution < 1.29 is 9.53 Å². The van der Waals surface area contributed by atoms with Crippen LogP contribution in [0.5, 0.6) is 0 Å². The van der Waals surface area contributed by atoms with Gasteiger partial charge in [-0.2, -0.15) is 0 Å². The smallest absolute Gasteiger partial charge is 0.241 e. The van der Waals surface area contributed by atoms with Gasteiger partial charge in [-0.1, -0.05) is 0 Å². The predicted octanol–water partition coefficient (Wildman–Crippen LogP) is 1.20. The summed E-state index contributed by atoms with van der Waals surface area (Å²) in [5.41, 5.74) is 10.5. The number of nitrogens with two attached hydrogens (primary N) is 1. The van der Waals surface area contributed by atoms with Gasteiger partial charge in [-0.15, -0.1) is 0 Å². The number of nitrogens with zero attached hydrogens (tertiary/aromatic N) is 8. The third kappa shape index (κ3) is 4.13. The average Bonchev–Trinajstić information content (AvgIpc) is 3.50. The molecule has 0 unspecified atom stereocenters. The number of aromatic nitrogens is 3. The highest BCUT2D eigenvalue weighted by atomic mass is 16.5. The van der Waals surface area contributed by atoms with Gasteiger partial charge in [-0.05, 0) is 44.7 Å². The molecule has 39 heavy (non-hydrogen) atoms. The number of likely N-dealkylation sites (N-methyl/N-ethyl adjacent to an activating group) is 1. The first-order valence-corrected chi connectivity index (χ1v) is 14.2. The topological polar surface area (TPSA) is 116 Å². The number of hydrogen-bond acceptors (Lipinski definition) is 10. The van der Waals surface area contributed by atoms with Crippen LogP contribution in [0.3, 0.4) is 0 Å². The van der Waals surface area contributed by atoms with Crippen LogP contribution in [0.1, 0.15) is 43.3 Å². The molecule has 1 spiro atoms. The summed E-state index contributed by atoms with van der Waals surface area (Å²) in [6.45, 7) is 7.98. The number of amides is 1. The number of piperazine rings is 1. The van der Waals surface area contributed by atoms with Crippen LogP contribution in [0.4, 0.5) is 17.3 Å². The summed E-state index contributed by atoms with van der Waals surface area (Å²) in [5, 5.41) is 0. The molecule has 0 bridgehead atoms. The standard InChI is InChI=1S/C28H37N9O2/c1-18-26(29)28(17-39-18)7-10-35(11-8-28)23-15-30-25-20(33-23)14-31-27(25)37-9-3-4-19-21(37)5-6-22(32-19)36-13-12-34(2)24(38)16-36/h5-6,15,18,26H,3-4,7-14,16-17,29H2,1-2H3/t18-,26+/m0/s1. The number of fused-ring (bicyclic) bond motifs is 2. The second-order valence-electron chi connectivity index (χ2n) is 11.7. The lowest BCUT2D eigenvalue weighted by Crippen LogP contribution is -2.50. The van der Waals surface area contributed by atoms with Crippen molar-refractivity contribution in [3.8, 4) is 0 Å².